The summed E-state index contributed by atoms with van der Waals surface area (Å²) in [6.07, 6.45) is -0.0112. The van der Waals surface area contributed by atoms with Gasteiger partial charge in [-0.05, 0) is 18.8 Å². The molecule has 7 heteroatoms. The van der Waals surface area contributed by atoms with Gasteiger partial charge in [0.15, 0.2) is 5.96 Å². The third-order valence-corrected chi connectivity index (χ3v) is 3.50. The summed E-state index contributed by atoms with van der Waals surface area (Å²) >= 11 is 0. The number of alkyl halides is 3. The molecule has 0 bridgehead atoms. The lowest BCUT2D eigenvalue weighted by Gasteiger charge is -2.33. The molecule has 118 valence electrons. The standard InChI is InChI=1S/C13H22F3N3.HI/c1-3-8-18-12(17-2)19-9-10-6-4-5-7-11(10)13(14,15)16;/h3,10-11H,1,4-9H2,2H3,(H2,17,18,19);1H. The van der Waals surface area contributed by atoms with E-state index in [1.54, 1.807) is 13.1 Å². The van der Waals surface area contributed by atoms with Gasteiger partial charge in [-0.1, -0.05) is 18.9 Å². The molecule has 1 fully saturated rings. The summed E-state index contributed by atoms with van der Waals surface area (Å²) in [7, 11) is 1.60. The monoisotopic (exact) mass is 405 g/mol. The maximum Gasteiger partial charge on any atom is 0.392 e. The Balaban J connectivity index is 0.00000361. The first-order valence-electron chi connectivity index (χ1n) is 6.61. The van der Waals surface area contributed by atoms with Gasteiger partial charge in [-0.2, -0.15) is 13.2 Å². The first-order chi connectivity index (χ1) is 8.99. The number of nitrogens with one attached hydrogen (secondary N) is 2. The molecule has 0 amide bonds. The summed E-state index contributed by atoms with van der Waals surface area (Å²) in [5.41, 5.74) is 0. The lowest BCUT2D eigenvalue weighted by Crippen LogP contribution is -2.44. The van der Waals surface area contributed by atoms with Crippen LogP contribution in [0.5, 0.6) is 0 Å². The Kier molecular flexibility index (Phi) is 9.24. The van der Waals surface area contributed by atoms with Crippen molar-refractivity contribution in [3.8, 4) is 0 Å². The zero-order chi connectivity index (χ0) is 14.3. The summed E-state index contributed by atoms with van der Waals surface area (Å²) in [6, 6.07) is 0. The fraction of sp³-hybridized carbons (Fsp3) is 0.769. The van der Waals surface area contributed by atoms with Crippen molar-refractivity contribution in [3.05, 3.63) is 12.7 Å². The molecule has 2 atom stereocenters. The van der Waals surface area contributed by atoms with Crippen LogP contribution in [0.2, 0.25) is 0 Å². The van der Waals surface area contributed by atoms with Gasteiger partial charge in [-0.3, -0.25) is 4.99 Å². The zero-order valence-corrected chi connectivity index (χ0v) is 14.0. The topological polar surface area (TPSA) is 36.4 Å². The smallest absolute Gasteiger partial charge is 0.356 e. The Morgan fingerprint density at radius 1 is 1.30 bits per heavy atom. The molecular formula is C13H23F3IN3. The SMILES string of the molecule is C=CCNC(=NC)NCC1CCCCC1C(F)(F)F.I. The van der Waals surface area contributed by atoms with Crippen LogP contribution in [0.4, 0.5) is 13.2 Å². The van der Waals surface area contributed by atoms with Gasteiger partial charge in [-0.15, -0.1) is 30.6 Å². The maximum atomic E-state index is 12.9. The molecule has 0 radical (unpaired) electrons. The van der Waals surface area contributed by atoms with Crippen molar-refractivity contribution < 1.29 is 13.2 Å². The average molecular weight is 405 g/mol. The van der Waals surface area contributed by atoms with E-state index in [0.29, 0.717) is 31.9 Å². The van der Waals surface area contributed by atoms with Crippen molar-refractivity contribution in [2.24, 2.45) is 16.8 Å². The molecule has 0 heterocycles. The van der Waals surface area contributed by atoms with Crippen LogP contribution in [0.1, 0.15) is 25.7 Å². The third kappa shape index (κ3) is 6.32. The van der Waals surface area contributed by atoms with Crippen molar-refractivity contribution >= 4 is 29.9 Å². The van der Waals surface area contributed by atoms with Gasteiger partial charge < -0.3 is 10.6 Å². The maximum absolute atomic E-state index is 12.9. The van der Waals surface area contributed by atoms with E-state index < -0.39 is 12.1 Å². The highest BCUT2D eigenvalue weighted by Crippen LogP contribution is 2.41. The molecule has 20 heavy (non-hydrogen) atoms. The van der Waals surface area contributed by atoms with Crippen molar-refractivity contribution in [1.82, 2.24) is 10.6 Å². The second-order valence-corrected chi connectivity index (χ2v) is 4.82. The number of halogens is 4. The Morgan fingerprint density at radius 3 is 2.50 bits per heavy atom. The molecule has 0 aromatic rings. The van der Waals surface area contributed by atoms with E-state index in [2.05, 4.69) is 22.2 Å². The first kappa shape index (κ1) is 19.5. The summed E-state index contributed by atoms with van der Waals surface area (Å²) in [5.74, 6) is -1.03. The Morgan fingerprint density at radius 2 is 1.95 bits per heavy atom. The highest BCUT2D eigenvalue weighted by Gasteiger charge is 2.45. The second kappa shape index (κ2) is 9.46. The fourth-order valence-corrected chi connectivity index (χ4v) is 2.50. The number of guanidine groups is 1. The summed E-state index contributed by atoms with van der Waals surface area (Å²) in [5, 5.41) is 5.92. The molecule has 0 aliphatic heterocycles. The summed E-state index contributed by atoms with van der Waals surface area (Å²) in [4.78, 5) is 3.96. The largest absolute Gasteiger partial charge is 0.392 e. The van der Waals surface area contributed by atoms with E-state index in [4.69, 9.17) is 0 Å². The first-order valence-corrected chi connectivity index (χ1v) is 6.61. The molecule has 3 nitrogen and oxygen atoms in total. The number of hydrogen-bond acceptors (Lipinski definition) is 1. The van der Waals surface area contributed by atoms with Gasteiger partial charge in [0.25, 0.3) is 0 Å². The highest BCUT2D eigenvalue weighted by molar-refractivity contribution is 14.0. The van der Waals surface area contributed by atoms with Crippen LogP contribution in [0, 0.1) is 11.8 Å². The minimum absolute atomic E-state index is 0. The van der Waals surface area contributed by atoms with Crippen molar-refractivity contribution in [1.29, 1.82) is 0 Å². The quantitative estimate of drug-likeness (QED) is 0.326. The molecule has 1 aliphatic carbocycles. The van der Waals surface area contributed by atoms with E-state index in [0.717, 1.165) is 6.42 Å². The number of aliphatic imine (C=N–C) groups is 1. The number of rotatable bonds is 4. The molecular weight excluding hydrogens is 382 g/mol. The highest BCUT2D eigenvalue weighted by atomic mass is 127. The molecule has 0 saturated heterocycles. The normalized spacial score (nSPS) is 23.7. The number of hydrogen-bond donors (Lipinski definition) is 2. The van der Waals surface area contributed by atoms with Crippen LogP contribution in [-0.2, 0) is 0 Å². The van der Waals surface area contributed by atoms with Crippen molar-refractivity contribution in [3.63, 3.8) is 0 Å². The van der Waals surface area contributed by atoms with Gasteiger partial charge >= 0.3 is 6.18 Å². The fourth-order valence-electron chi connectivity index (χ4n) is 2.50. The lowest BCUT2D eigenvalue weighted by molar-refractivity contribution is -0.195. The number of nitrogens with zero attached hydrogens (tertiary/aromatic N) is 1. The predicted octanol–water partition coefficient (Wildman–Crippen LogP) is 3.32. The molecule has 0 spiro atoms. The zero-order valence-electron chi connectivity index (χ0n) is 11.7. The van der Waals surface area contributed by atoms with Gasteiger partial charge in [-0.25, -0.2) is 0 Å². The van der Waals surface area contributed by atoms with Gasteiger partial charge in [0.05, 0.1) is 5.92 Å². The predicted molar refractivity (Wildman–Crippen MR) is 86.5 cm³/mol. The Labute approximate surface area is 135 Å². The van der Waals surface area contributed by atoms with E-state index in [9.17, 15) is 13.2 Å². The van der Waals surface area contributed by atoms with E-state index >= 15 is 0 Å². The van der Waals surface area contributed by atoms with Crippen LogP contribution < -0.4 is 10.6 Å². The van der Waals surface area contributed by atoms with E-state index in [-0.39, 0.29) is 36.3 Å². The molecule has 1 rings (SSSR count). The van der Waals surface area contributed by atoms with Gasteiger partial charge in [0, 0.05) is 20.1 Å². The van der Waals surface area contributed by atoms with E-state index in [1.807, 2.05) is 0 Å². The second-order valence-electron chi connectivity index (χ2n) is 4.82. The third-order valence-electron chi connectivity index (χ3n) is 3.50. The van der Waals surface area contributed by atoms with Crippen LogP contribution in [0.25, 0.3) is 0 Å². The molecule has 0 aromatic heterocycles. The van der Waals surface area contributed by atoms with Crippen molar-refractivity contribution in [2.45, 2.75) is 31.9 Å². The molecule has 2 unspecified atom stereocenters. The van der Waals surface area contributed by atoms with Crippen LogP contribution in [-0.4, -0.2) is 32.3 Å². The van der Waals surface area contributed by atoms with Crippen LogP contribution >= 0.6 is 24.0 Å². The van der Waals surface area contributed by atoms with Gasteiger partial charge in [0.2, 0.25) is 0 Å². The molecule has 1 saturated carbocycles. The molecule has 0 aromatic carbocycles. The molecule has 1 aliphatic rings. The van der Waals surface area contributed by atoms with Crippen LogP contribution in [0.15, 0.2) is 17.6 Å². The van der Waals surface area contributed by atoms with Crippen LogP contribution in [0.3, 0.4) is 0 Å². The molecule has 2 N–H and O–H groups in total. The summed E-state index contributed by atoms with van der Waals surface area (Å²) < 4.78 is 38.7. The Bertz CT molecular complexity index is 318. The lowest BCUT2D eigenvalue weighted by atomic mass is 9.79. The summed E-state index contributed by atoms with van der Waals surface area (Å²) in [6.45, 7) is 4.41. The van der Waals surface area contributed by atoms with Crippen molar-refractivity contribution in [2.75, 3.05) is 20.1 Å². The minimum Gasteiger partial charge on any atom is -0.356 e. The minimum atomic E-state index is -4.09. The average Bonchev–Trinajstić information content (AvgIpc) is 2.38. The van der Waals surface area contributed by atoms with E-state index in [1.165, 1.54) is 0 Å². The Hall–Kier alpha value is -0.470. The van der Waals surface area contributed by atoms with Gasteiger partial charge in [0.1, 0.15) is 0 Å².